The van der Waals surface area contributed by atoms with Crippen LogP contribution in [0.3, 0.4) is 0 Å². The van der Waals surface area contributed by atoms with E-state index in [4.69, 9.17) is 0 Å². The van der Waals surface area contributed by atoms with Crippen LogP contribution in [0.1, 0.15) is 6.92 Å². The number of esters is 1. The van der Waals surface area contributed by atoms with Crippen molar-refractivity contribution in [2.45, 2.75) is 6.92 Å². The first-order valence-electron chi connectivity index (χ1n) is 4.31. The van der Waals surface area contributed by atoms with Crippen LogP contribution in [0.5, 0.6) is 0 Å². The summed E-state index contributed by atoms with van der Waals surface area (Å²) in [6, 6.07) is 0. The first-order chi connectivity index (χ1) is 6.82. The summed E-state index contributed by atoms with van der Waals surface area (Å²) >= 11 is 0. The van der Waals surface area contributed by atoms with Gasteiger partial charge in [0.2, 0.25) is 5.91 Å². The third-order valence-corrected chi connectivity index (χ3v) is 3.45. The van der Waals surface area contributed by atoms with Crippen LogP contribution in [0, 0.1) is 5.92 Å². The summed E-state index contributed by atoms with van der Waals surface area (Å²) < 4.78 is 27.1. The van der Waals surface area contributed by atoms with E-state index >= 15 is 0 Å². The molecule has 1 atom stereocenters. The predicted molar refractivity (Wildman–Crippen MR) is 53.9 cm³/mol. The highest BCUT2D eigenvalue weighted by Crippen LogP contribution is 2.04. The zero-order valence-corrected chi connectivity index (χ0v) is 9.76. The number of ether oxygens (including phenoxy) is 1. The summed E-state index contributed by atoms with van der Waals surface area (Å²) in [6.07, 6.45) is 0. The maximum atomic E-state index is 11.4. The minimum absolute atomic E-state index is 0.382. The van der Waals surface area contributed by atoms with Gasteiger partial charge in [-0.2, -0.15) is 0 Å². The van der Waals surface area contributed by atoms with Crippen molar-refractivity contribution in [1.82, 2.24) is 5.32 Å². The smallest absolute Gasteiger partial charge is 0.309 e. The standard InChI is InChI=1S/C8H15NO5S/c1-6(8(11)14-3)4-15(12,13)5-7(10)9-2/h6H,4-5H2,1-3H3,(H,9,10). The van der Waals surface area contributed by atoms with Gasteiger partial charge < -0.3 is 10.1 Å². The third-order valence-electron chi connectivity index (χ3n) is 1.74. The highest BCUT2D eigenvalue weighted by atomic mass is 32.2. The number of carbonyl (C=O) groups is 2. The molecule has 0 fully saturated rings. The van der Waals surface area contributed by atoms with Crippen molar-refractivity contribution < 1.29 is 22.7 Å². The Labute approximate surface area is 88.9 Å². The van der Waals surface area contributed by atoms with E-state index < -0.39 is 33.4 Å². The molecule has 0 aromatic rings. The van der Waals surface area contributed by atoms with E-state index in [1.54, 1.807) is 0 Å². The van der Waals surface area contributed by atoms with Gasteiger partial charge in [0, 0.05) is 7.05 Å². The largest absolute Gasteiger partial charge is 0.469 e. The van der Waals surface area contributed by atoms with E-state index in [9.17, 15) is 18.0 Å². The van der Waals surface area contributed by atoms with Gasteiger partial charge in [0.05, 0.1) is 18.8 Å². The van der Waals surface area contributed by atoms with Crippen molar-refractivity contribution in [3.8, 4) is 0 Å². The molecule has 6 nitrogen and oxygen atoms in total. The predicted octanol–water partition coefficient (Wildman–Crippen LogP) is -1.04. The molecule has 0 aromatic heterocycles. The minimum atomic E-state index is -3.56. The maximum Gasteiger partial charge on any atom is 0.309 e. The number of nitrogens with one attached hydrogen (secondary N) is 1. The summed E-state index contributed by atoms with van der Waals surface area (Å²) in [7, 11) is -1.03. The highest BCUT2D eigenvalue weighted by molar-refractivity contribution is 7.92. The molecule has 0 aliphatic carbocycles. The molecule has 0 saturated carbocycles. The molecule has 15 heavy (non-hydrogen) atoms. The van der Waals surface area contributed by atoms with Crippen LogP contribution in [0.15, 0.2) is 0 Å². The molecule has 0 rings (SSSR count). The van der Waals surface area contributed by atoms with Crippen molar-refractivity contribution in [2.24, 2.45) is 5.92 Å². The molecule has 7 heteroatoms. The van der Waals surface area contributed by atoms with Crippen molar-refractivity contribution in [2.75, 3.05) is 25.7 Å². The molecule has 0 spiro atoms. The van der Waals surface area contributed by atoms with E-state index in [1.807, 2.05) is 0 Å². The van der Waals surface area contributed by atoms with Gasteiger partial charge in [0.15, 0.2) is 9.84 Å². The lowest BCUT2D eigenvalue weighted by molar-refractivity contribution is -0.144. The van der Waals surface area contributed by atoms with E-state index in [1.165, 1.54) is 21.1 Å². The fourth-order valence-electron chi connectivity index (χ4n) is 0.981. The van der Waals surface area contributed by atoms with Crippen molar-refractivity contribution in [1.29, 1.82) is 0 Å². The second-order valence-corrected chi connectivity index (χ2v) is 5.26. The topological polar surface area (TPSA) is 89.5 Å². The number of methoxy groups -OCH3 is 1. The summed E-state index contributed by atoms with van der Waals surface area (Å²) in [4.78, 5) is 21.8. The number of rotatable bonds is 5. The molecule has 1 amide bonds. The molecule has 1 unspecified atom stereocenters. The van der Waals surface area contributed by atoms with Crippen LogP contribution in [-0.2, 0) is 24.2 Å². The van der Waals surface area contributed by atoms with E-state index in [-0.39, 0.29) is 5.75 Å². The molecular formula is C8H15NO5S. The van der Waals surface area contributed by atoms with Gasteiger partial charge >= 0.3 is 5.97 Å². The lowest BCUT2D eigenvalue weighted by Crippen LogP contribution is -2.31. The van der Waals surface area contributed by atoms with Gasteiger partial charge in [0.1, 0.15) is 5.75 Å². The Morgan fingerprint density at radius 3 is 2.33 bits per heavy atom. The van der Waals surface area contributed by atoms with Gasteiger partial charge in [-0.05, 0) is 0 Å². The third kappa shape index (κ3) is 5.36. The quantitative estimate of drug-likeness (QED) is 0.617. The molecule has 0 bridgehead atoms. The maximum absolute atomic E-state index is 11.4. The zero-order valence-electron chi connectivity index (χ0n) is 8.94. The van der Waals surface area contributed by atoms with Crippen LogP contribution in [0.25, 0.3) is 0 Å². The first kappa shape index (κ1) is 13.9. The lowest BCUT2D eigenvalue weighted by Gasteiger charge is -2.09. The zero-order chi connectivity index (χ0) is 12.1. The number of amides is 1. The van der Waals surface area contributed by atoms with Gasteiger partial charge in [-0.15, -0.1) is 0 Å². The molecule has 0 aliphatic heterocycles. The first-order valence-corrected chi connectivity index (χ1v) is 6.13. The molecule has 0 aliphatic rings. The Hall–Kier alpha value is -1.11. The van der Waals surface area contributed by atoms with E-state index in [0.717, 1.165) is 0 Å². The minimum Gasteiger partial charge on any atom is -0.469 e. The molecule has 1 N–H and O–H groups in total. The van der Waals surface area contributed by atoms with E-state index in [0.29, 0.717) is 0 Å². The number of sulfone groups is 1. The summed E-state index contributed by atoms with van der Waals surface area (Å²) in [5, 5.41) is 2.20. The molecule has 0 heterocycles. The summed E-state index contributed by atoms with van der Waals surface area (Å²) in [6.45, 7) is 1.44. The molecule has 0 radical (unpaired) electrons. The summed E-state index contributed by atoms with van der Waals surface area (Å²) in [5.41, 5.74) is 0. The Morgan fingerprint density at radius 2 is 1.93 bits per heavy atom. The Kier molecular flexibility index (Phi) is 5.27. The van der Waals surface area contributed by atoms with Crippen LogP contribution < -0.4 is 5.32 Å². The van der Waals surface area contributed by atoms with Crippen LogP contribution in [-0.4, -0.2) is 46.0 Å². The fraction of sp³-hybridized carbons (Fsp3) is 0.750. The normalized spacial score (nSPS) is 13.0. The van der Waals surface area contributed by atoms with Gasteiger partial charge in [0.25, 0.3) is 0 Å². The number of hydrogen-bond acceptors (Lipinski definition) is 5. The van der Waals surface area contributed by atoms with Crippen LogP contribution >= 0.6 is 0 Å². The Balaban J connectivity index is 4.39. The van der Waals surface area contributed by atoms with Gasteiger partial charge in [-0.25, -0.2) is 8.42 Å². The SMILES string of the molecule is CNC(=O)CS(=O)(=O)CC(C)C(=O)OC. The Bertz CT molecular complexity index is 335. The average Bonchev–Trinajstić information content (AvgIpc) is 2.14. The van der Waals surface area contributed by atoms with Gasteiger partial charge in [-0.1, -0.05) is 6.92 Å². The second-order valence-electron chi connectivity index (χ2n) is 3.15. The van der Waals surface area contributed by atoms with Crippen molar-refractivity contribution >= 4 is 21.7 Å². The lowest BCUT2D eigenvalue weighted by atomic mass is 10.2. The van der Waals surface area contributed by atoms with Gasteiger partial charge in [-0.3, -0.25) is 9.59 Å². The molecule has 0 aromatic carbocycles. The monoisotopic (exact) mass is 237 g/mol. The number of carbonyl (C=O) groups excluding carboxylic acids is 2. The molecule has 0 saturated heterocycles. The fourth-order valence-corrected chi connectivity index (χ4v) is 2.54. The van der Waals surface area contributed by atoms with Crippen LogP contribution in [0.4, 0.5) is 0 Å². The Morgan fingerprint density at radius 1 is 1.40 bits per heavy atom. The average molecular weight is 237 g/mol. The number of hydrogen-bond donors (Lipinski definition) is 1. The van der Waals surface area contributed by atoms with Crippen LogP contribution in [0.2, 0.25) is 0 Å². The van der Waals surface area contributed by atoms with Crippen molar-refractivity contribution in [3.63, 3.8) is 0 Å². The van der Waals surface area contributed by atoms with E-state index in [2.05, 4.69) is 10.1 Å². The molecule has 88 valence electrons. The highest BCUT2D eigenvalue weighted by Gasteiger charge is 2.23. The van der Waals surface area contributed by atoms with Crippen molar-refractivity contribution in [3.05, 3.63) is 0 Å². The molecular weight excluding hydrogens is 222 g/mol. The summed E-state index contributed by atoms with van der Waals surface area (Å²) in [5.74, 6) is -2.94. The second kappa shape index (κ2) is 5.69.